The summed E-state index contributed by atoms with van der Waals surface area (Å²) in [6.07, 6.45) is 0. The molecule has 4 nitrogen and oxygen atoms in total. The zero-order chi connectivity index (χ0) is 14.2. The van der Waals surface area contributed by atoms with Crippen LogP contribution in [0, 0.1) is 20.8 Å². The van der Waals surface area contributed by atoms with E-state index in [1.165, 1.54) is 0 Å². The number of carbonyl (C=O) groups excluding carboxylic acids is 1. The second kappa shape index (κ2) is 5.07. The first-order valence-electron chi connectivity index (χ1n) is 5.92. The molecule has 19 heavy (non-hydrogen) atoms. The van der Waals surface area contributed by atoms with Crippen molar-refractivity contribution in [2.24, 2.45) is 5.84 Å². The summed E-state index contributed by atoms with van der Waals surface area (Å²) < 4.78 is 1.98. The molecule has 0 aliphatic heterocycles. The number of nitrogens with one attached hydrogen (secondary N) is 1. The lowest BCUT2D eigenvalue weighted by atomic mass is 10.2. The highest BCUT2D eigenvalue weighted by atomic mass is 35.5. The number of carbonyl (C=O) groups is 1. The highest BCUT2D eigenvalue weighted by molar-refractivity contribution is 6.31. The molecule has 5 heteroatoms. The van der Waals surface area contributed by atoms with Gasteiger partial charge < -0.3 is 4.57 Å². The van der Waals surface area contributed by atoms with Gasteiger partial charge in [0.15, 0.2) is 0 Å². The second-order valence-electron chi connectivity index (χ2n) is 4.53. The first-order valence-corrected chi connectivity index (χ1v) is 6.30. The van der Waals surface area contributed by atoms with Gasteiger partial charge in [-0.2, -0.15) is 0 Å². The Kier molecular flexibility index (Phi) is 3.64. The number of halogens is 1. The van der Waals surface area contributed by atoms with E-state index >= 15 is 0 Å². The third-order valence-corrected chi connectivity index (χ3v) is 3.63. The van der Waals surface area contributed by atoms with Crippen LogP contribution in [0.15, 0.2) is 24.3 Å². The molecular weight excluding hydrogens is 262 g/mol. The van der Waals surface area contributed by atoms with E-state index in [-0.39, 0.29) is 5.91 Å². The average molecular weight is 278 g/mol. The van der Waals surface area contributed by atoms with Crippen molar-refractivity contribution in [3.8, 4) is 5.69 Å². The summed E-state index contributed by atoms with van der Waals surface area (Å²) >= 11 is 6.15. The van der Waals surface area contributed by atoms with Gasteiger partial charge in [-0.25, -0.2) is 5.84 Å². The Hall–Kier alpha value is -1.78. The molecule has 0 fully saturated rings. The number of nitrogens with two attached hydrogens (primary N) is 1. The Morgan fingerprint density at radius 1 is 1.26 bits per heavy atom. The Morgan fingerprint density at radius 2 is 1.95 bits per heavy atom. The minimum Gasteiger partial charge on any atom is -0.318 e. The van der Waals surface area contributed by atoms with E-state index in [2.05, 4.69) is 5.43 Å². The summed E-state index contributed by atoms with van der Waals surface area (Å²) in [5.41, 5.74) is 6.46. The molecule has 0 spiro atoms. The number of rotatable bonds is 2. The molecular formula is C14H16ClN3O. The lowest BCUT2D eigenvalue weighted by Gasteiger charge is -2.11. The average Bonchev–Trinajstić information content (AvgIpc) is 2.68. The fourth-order valence-corrected chi connectivity index (χ4v) is 2.36. The summed E-state index contributed by atoms with van der Waals surface area (Å²) in [4.78, 5) is 11.7. The number of nitrogens with zero attached hydrogens (tertiary/aromatic N) is 1. The molecule has 3 N–H and O–H groups in total. The van der Waals surface area contributed by atoms with Gasteiger partial charge in [0.1, 0.15) is 0 Å². The van der Waals surface area contributed by atoms with Crippen LogP contribution in [0.1, 0.15) is 27.3 Å². The first kappa shape index (κ1) is 13.6. The third-order valence-electron chi connectivity index (χ3n) is 3.22. The van der Waals surface area contributed by atoms with E-state index < -0.39 is 0 Å². The summed E-state index contributed by atoms with van der Waals surface area (Å²) in [5.74, 6) is 4.89. The molecule has 1 heterocycles. The van der Waals surface area contributed by atoms with E-state index in [9.17, 15) is 4.79 Å². The summed E-state index contributed by atoms with van der Waals surface area (Å²) in [6, 6.07) is 7.64. The summed E-state index contributed by atoms with van der Waals surface area (Å²) in [7, 11) is 0. The Balaban J connectivity index is 2.59. The third kappa shape index (κ3) is 2.37. The quantitative estimate of drug-likeness (QED) is 0.504. The van der Waals surface area contributed by atoms with E-state index in [0.29, 0.717) is 10.6 Å². The molecule has 1 aromatic heterocycles. The predicted octanol–water partition coefficient (Wildman–Crippen LogP) is 2.66. The maximum absolute atomic E-state index is 11.7. The van der Waals surface area contributed by atoms with Crippen LogP contribution >= 0.6 is 11.6 Å². The van der Waals surface area contributed by atoms with Gasteiger partial charge >= 0.3 is 0 Å². The smallest absolute Gasteiger partial charge is 0.267 e. The van der Waals surface area contributed by atoms with Crippen molar-refractivity contribution >= 4 is 17.5 Å². The topological polar surface area (TPSA) is 60.0 Å². The monoisotopic (exact) mass is 277 g/mol. The van der Waals surface area contributed by atoms with Crippen LogP contribution in [0.2, 0.25) is 5.02 Å². The number of benzene rings is 1. The predicted molar refractivity (Wildman–Crippen MR) is 76.6 cm³/mol. The van der Waals surface area contributed by atoms with Crippen molar-refractivity contribution in [1.29, 1.82) is 0 Å². The zero-order valence-electron chi connectivity index (χ0n) is 11.1. The van der Waals surface area contributed by atoms with Crippen LogP contribution in [-0.4, -0.2) is 10.5 Å². The van der Waals surface area contributed by atoms with Crippen molar-refractivity contribution in [2.75, 3.05) is 0 Å². The second-order valence-corrected chi connectivity index (χ2v) is 4.93. The Morgan fingerprint density at radius 3 is 2.53 bits per heavy atom. The lowest BCUT2D eigenvalue weighted by molar-refractivity contribution is 0.0953. The number of amides is 1. The summed E-state index contributed by atoms with van der Waals surface area (Å²) in [6.45, 7) is 5.77. The molecule has 1 aromatic carbocycles. The van der Waals surface area contributed by atoms with Gasteiger partial charge in [0.2, 0.25) is 0 Å². The number of hydrazine groups is 1. The highest BCUT2D eigenvalue weighted by Gasteiger charge is 2.16. The van der Waals surface area contributed by atoms with Gasteiger partial charge in [-0.3, -0.25) is 10.2 Å². The molecule has 0 radical (unpaired) electrons. The molecule has 0 unspecified atom stereocenters. The molecule has 0 saturated heterocycles. The van der Waals surface area contributed by atoms with Crippen molar-refractivity contribution in [3.63, 3.8) is 0 Å². The lowest BCUT2D eigenvalue weighted by Crippen LogP contribution is -2.30. The van der Waals surface area contributed by atoms with Gasteiger partial charge in [0.25, 0.3) is 5.91 Å². The maximum Gasteiger partial charge on any atom is 0.267 e. The van der Waals surface area contributed by atoms with Crippen molar-refractivity contribution in [3.05, 3.63) is 51.8 Å². The number of nitrogen functional groups attached to an aromatic ring is 1. The van der Waals surface area contributed by atoms with Gasteiger partial charge in [-0.1, -0.05) is 17.7 Å². The van der Waals surface area contributed by atoms with Crippen molar-refractivity contribution in [2.45, 2.75) is 20.8 Å². The fourth-order valence-electron chi connectivity index (χ4n) is 2.19. The number of hydrogen-bond donors (Lipinski definition) is 2. The Labute approximate surface area is 117 Å². The van der Waals surface area contributed by atoms with Crippen LogP contribution in [0.4, 0.5) is 0 Å². The van der Waals surface area contributed by atoms with Crippen LogP contribution in [0.25, 0.3) is 5.69 Å². The van der Waals surface area contributed by atoms with Gasteiger partial charge in [-0.15, -0.1) is 0 Å². The maximum atomic E-state index is 11.7. The van der Waals surface area contributed by atoms with E-state index in [4.69, 9.17) is 17.4 Å². The van der Waals surface area contributed by atoms with Crippen molar-refractivity contribution in [1.82, 2.24) is 9.99 Å². The fraction of sp³-hybridized carbons (Fsp3) is 0.214. The first-order chi connectivity index (χ1) is 8.95. The molecule has 2 rings (SSSR count). The van der Waals surface area contributed by atoms with Crippen molar-refractivity contribution < 1.29 is 4.79 Å². The van der Waals surface area contributed by atoms with Crippen LogP contribution < -0.4 is 11.3 Å². The van der Waals surface area contributed by atoms with Gasteiger partial charge in [-0.05, 0) is 44.5 Å². The standard InChI is InChI=1S/C14H16ClN3O/c1-8-4-5-11(7-13(8)15)18-9(2)6-12(10(18)3)14(19)17-16/h4-7H,16H2,1-3H3,(H,17,19). The molecule has 2 aromatic rings. The molecule has 0 bridgehead atoms. The minimum absolute atomic E-state index is 0.294. The van der Waals surface area contributed by atoms with Gasteiger partial charge in [0, 0.05) is 22.1 Å². The molecule has 0 atom stereocenters. The number of hydrogen-bond acceptors (Lipinski definition) is 2. The number of aryl methyl sites for hydroxylation is 2. The molecule has 0 aliphatic carbocycles. The highest BCUT2D eigenvalue weighted by Crippen LogP contribution is 2.24. The molecule has 100 valence electrons. The van der Waals surface area contributed by atoms with Crippen LogP contribution in [0.5, 0.6) is 0 Å². The van der Waals surface area contributed by atoms with E-state index in [1.54, 1.807) is 0 Å². The zero-order valence-corrected chi connectivity index (χ0v) is 11.9. The largest absolute Gasteiger partial charge is 0.318 e. The molecule has 0 aliphatic rings. The van der Waals surface area contributed by atoms with Crippen LogP contribution in [-0.2, 0) is 0 Å². The van der Waals surface area contributed by atoms with Gasteiger partial charge in [0.05, 0.1) is 5.56 Å². The van der Waals surface area contributed by atoms with Crippen LogP contribution in [0.3, 0.4) is 0 Å². The molecule has 1 amide bonds. The minimum atomic E-state index is -0.294. The number of aromatic nitrogens is 1. The van der Waals surface area contributed by atoms with E-state index in [0.717, 1.165) is 22.6 Å². The summed E-state index contributed by atoms with van der Waals surface area (Å²) in [5, 5.41) is 0.704. The van der Waals surface area contributed by atoms with E-state index in [1.807, 2.05) is 49.6 Å². The Bertz CT molecular complexity index is 646. The SMILES string of the molecule is Cc1ccc(-n2c(C)cc(C(=O)NN)c2C)cc1Cl. The molecule has 0 saturated carbocycles. The normalized spacial score (nSPS) is 10.6.